The van der Waals surface area contributed by atoms with Crippen LogP contribution < -0.4 is 0 Å². The molecule has 0 aliphatic carbocycles. The maximum atomic E-state index is 4.50. The van der Waals surface area contributed by atoms with E-state index in [1.807, 2.05) is 0 Å². The number of hydrogen-bond acceptors (Lipinski definition) is 2. The third-order valence-electron chi connectivity index (χ3n) is 8.42. The lowest BCUT2D eigenvalue weighted by Crippen LogP contribution is -1.95. The van der Waals surface area contributed by atoms with Gasteiger partial charge in [-0.2, -0.15) is 25.3 Å². The molecule has 2 aromatic heterocycles. The van der Waals surface area contributed by atoms with Gasteiger partial charge < -0.3 is 9.13 Å². The summed E-state index contributed by atoms with van der Waals surface area (Å²) in [7, 11) is 0. The maximum absolute atomic E-state index is 4.50. The van der Waals surface area contributed by atoms with Crippen molar-refractivity contribution in [3.8, 4) is 22.5 Å². The number of aromatic nitrogens is 2. The molecule has 0 aliphatic heterocycles. The molecule has 0 atom stereocenters. The van der Waals surface area contributed by atoms with E-state index in [1.54, 1.807) is 0 Å². The minimum absolute atomic E-state index is 0.733. The van der Waals surface area contributed by atoms with Crippen molar-refractivity contribution in [2.75, 3.05) is 0 Å². The monoisotopic (exact) mass is 576 g/mol. The summed E-state index contributed by atoms with van der Waals surface area (Å²) < 4.78 is 4.72. The van der Waals surface area contributed by atoms with Crippen molar-refractivity contribution in [3.05, 3.63) is 145 Å². The molecule has 4 heteroatoms. The lowest BCUT2D eigenvalue weighted by molar-refractivity contribution is 1.18. The molecule has 0 N–H and O–H groups in total. The van der Waals surface area contributed by atoms with E-state index < -0.39 is 0 Å². The van der Waals surface area contributed by atoms with Crippen molar-refractivity contribution < 1.29 is 0 Å². The summed E-state index contributed by atoms with van der Waals surface area (Å²) >= 11 is 9.01. The molecule has 202 valence electrons. The van der Waals surface area contributed by atoms with E-state index in [0.29, 0.717) is 0 Å². The van der Waals surface area contributed by atoms with Crippen LogP contribution in [-0.2, 0) is 11.5 Å². The average Bonchev–Trinajstić information content (AvgIpc) is 3.57. The molecule has 8 aromatic rings. The van der Waals surface area contributed by atoms with Crippen LogP contribution in [-0.4, -0.2) is 9.13 Å². The number of benzene rings is 6. The molecular weight excluding hydrogens is 549 g/mol. The average molecular weight is 577 g/mol. The summed E-state index contributed by atoms with van der Waals surface area (Å²) in [6.45, 7) is 0. The molecule has 42 heavy (non-hydrogen) atoms. The van der Waals surface area contributed by atoms with Crippen molar-refractivity contribution in [1.29, 1.82) is 0 Å². The van der Waals surface area contributed by atoms with Crippen LogP contribution in [0.5, 0.6) is 0 Å². The van der Waals surface area contributed by atoms with Gasteiger partial charge in [-0.05, 0) is 82.9 Å². The highest BCUT2D eigenvalue weighted by atomic mass is 32.1. The molecule has 2 nitrogen and oxygen atoms in total. The Labute approximate surface area is 255 Å². The zero-order valence-electron chi connectivity index (χ0n) is 22.9. The first-order valence-corrected chi connectivity index (χ1v) is 15.5. The predicted octanol–water partition coefficient (Wildman–Crippen LogP) is 10.4. The van der Waals surface area contributed by atoms with Gasteiger partial charge >= 0.3 is 0 Å². The fourth-order valence-corrected chi connectivity index (χ4v) is 6.79. The van der Waals surface area contributed by atoms with E-state index in [2.05, 4.69) is 168 Å². The molecule has 2 heterocycles. The van der Waals surface area contributed by atoms with Crippen LogP contribution in [0.3, 0.4) is 0 Å². The molecule has 8 rings (SSSR count). The molecule has 0 unspecified atom stereocenters. The highest BCUT2D eigenvalue weighted by Gasteiger charge is 2.14. The lowest BCUT2D eigenvalue weighted by Gasteiger charge is -2.11. The first-order chi connectivity index (χ1) is 20.7. The van der Waals surface area contributed by atoms with E-state index >= 15 is 0 Å². The van der Waals surface area contributed by atoms with E-state index in [1.165, 1.54) is 65.9 Å². The largest absolute Gasteiger partial charge is 0.309 e. The van der Waals surface area contributed by atoms with Gasteiger partial charge in [-0.15, -0.1) is 0 Å². The normalized spacial score (nSPS) is 11.8. The Balaban J connectivity index is 1.18. The molecule has 0 aliphatic rings. The number of rotatable bonds is 5. The zero-order valence-corrected chi connectivity index (χ0v) is 24.7. The number of fused-ring (bicyclic) bond motifs is 6. The number of para-hydroxylation sites is 2. The van der Waals surface area contributed by atoms with Crippen LogP contribution in [0.4, 0.5) is 0 Å². The summed E-state index contributed by atoms with van der Waals surface area (Å²) in [6.07, 6.45) is 0. The Kier molecular flexibility index (Phi) is 6.13. The first kappa shape index (κ1) is 25.3. The van der Waals surface area contributed by atoms with Crippen LogP contribution in [0.15, 0.2) is 133 Å². The first-order valence-electron chi connectivity index (χ1n) is 14.2. The van der Waals surface area contributed by atoms with Gasteiger partial charge in [0.1, 0.15) is 0 Å². The van der Waals surface area contributed by atoms with Gasteiger partial charge in [0.15, 0.2) is 0 Å². The van der Waals surface area contributed by atoms with Crippen molar-refractivity contribution in [1.82, 2.24) is 9.13 Å². The highest BCUT2D eigenvalue weighted by Crippen LogP contribution is 2.35. The van der Waals surface area contributed by atoms with E-state index in [0.717, 1.165) is 22.9 Å². The van der Waals surface area contributed by atoms with Crippen molar-refractivity contribution in [2.24, 2.45) is 0 Å². The molecule has 0 saturated carbocycles. The second kappa shape index (κ2) is 10.2. The van der Waals surface area contributed by atoms with Crippen LogP contribution >= 0.6 is 25.3 Å². The lowest BCUT2D eigenvalue weighted by atomic mass is 10.0. The van der Waals surface area contributed by atoms with Crippen LogP contribution in [0.1, 0.15) is 11.1 Å². The molecule has 0 spiro atoms. The smallest absolute Gasteiger partial charge is 0.0541 e. The van der Waals surface area contributed by atoms with Gasteiger partial charge in [-0.3, -0.25) is 0 Å². The molecule has 0 bridgehead atoms. The summed E-state index contributed by atoms with van der Waals surface area (Å²) in [5, 5.41) is 5.07. The number of thiol groups is 2. The topological polar surface area (TPSA) is 9.86 Å². The molecular formula is C38H28N2S2. The fourth-order valence-electron chi connectivity index (χ4n) is 6.40. The second-order valence-corrected chi connectivity index (χ2v) is 11.5. The Morgan fingerprint density at radius 1 is 0.381 bits per heavy atom. The molecule has 0 radical (unpaired) electrons. The van der Waals surface area contributed by atoms with Gasteiger partial charge in [-0.1, -0.05) is 72.8 Å². The van der Waals surface area contributed by atoms with Crippen LogP contribution in [0, 0.1) is 0 Å². The SMILES string of the molecule is SCc1ccc2c(c1)c1ccccc1n2-c1ccc(-c2ccc(-n3c4ccccc4c4cc(CS)ccc43)cc2)cc1. The predicted molar refractivity (Wildman–Crippen MR) is 186 cm³/mol. The standard InChI is InChI=1S/C38H28N2S2/c41-23-25-9-19-37-33(21-25)31-5-1-3-7-35(31)39(37)29-15-11-27(12-16-29)28-13-17-30(18-14-28)40-36-8-4-2-6-32(36)34-22-26(24-42)10-20-38(34)40/h1-22,41-42H,23-24H2. The summed E-state index contributed by atoms with van der Waals surface area (Å²) in [6, 6.07) is 48.5. The summed E-state index contributed by atoms with van der Waals surface area (Å²) in [5.41, 5.74) is 12.0. The minimum atomic E-state index is 0.733. The Bertz CT molecular complexity index is 2090. The Morgan fingerprint density at radius 3 is 1.17 bits per heavy atom. The third kappa shape index (κ3) is 3.98. The maximum Gasteiger partial charge on any atom is 0.0541 e. The van der Waals surface area contributed by atoms with E-state index in [-0.39, 0.29) is 0 Å². The van der Waals surface area contributed by atoms with Crippen molar-refractivity contribution >= 4 is 68.9 Å². The van der Waals surface area contributed by atoms with E-state index in [4.69, 9.17) is 0 Å². The van der Waals surface area contributed by atoms with Crippen LogP contribution in [0.2, 0.25) is 0 Å². The van der Waals surface area contributed by atoms with E-state index in [9.17, 15) is 0 Å². The summed E-state index contributed by atoms with van der Waals surface area (Å²) in [4.78, 5) is 0. The van der Waals surface area contributed by atoms with Crippen molar-refractivity contribution in [3.63, 3.8) is 0 Å². The zero-order chi connectivity index (χ0) is 28.2. The quantitative estimate of drug-likeness (QED) is 0.189. The van der Waals surface area contributed by atoms with Gasteiger partial charge in [0, 0.05) is 44.4 Å². The Hall–Kier alpha value is -4.38. The third-order valence-corrected chi connectivity index (χ3v) is 9.15. The second-order valence-electron chi connectivity index (χ2n) is 10.8. The minimum Gasteiger partial charge on any atom is -0.309 e. The number of nitrogens with zero attached hydrogens (tertiary/aromatic N) is 2. The van der Waals surface area contributed by atoms with Gasteiger partial charge in [-0.25, -0.2) is 0 Å². The van der Waals surface area contributed by atoms with Gasteiger partial charge in [0.2, 0.25) is 0 Å². The molecule has 0 saturated heterocycles. The van der Waals surface area contributed by atoms with Crippen LogP contribution in [0.25, 0.3) is 66.1 Å². The van der Waals surface area contributed by atoms with Crippen molar-refractivity contribution in [2.45, 2.75) is 11.5 Å². The highest BCUT2D eigenvalue weighted by molar-refractivity contribution is 7.79. The van der Waals surface area contributed by atoms with Gasteiger partial charge in [0.25, 0.3) is 0 Å². The molecule has 0 fully saturated rings. The molecule has 6 aromatic carbocycles. The fraction of sp³-hybridized carbons (Fsp3) is 0.0526. The number of hydrogen-bond donors (Lipinski definition) is 2. The van der Waals surface area contributed by atoms with Gasteiger partial charge in [0.05, 0.1) is 22.1 Å². The molecule has 0 amide bonds. The summed E-state index contributed by atoms with van der Waals surface area (Å²) in [5.74, 6) is 1.47. The Morgan fingerprint density at radius 2 is 0.762 bits per heavy atom.